The topological polar surface area (TPSA) is 56.5 Å². The van der Waals surface area contributed by atoms with Crippen LogP contribution in [0.2, 0.25) is 0 Å². The molecule has 0 bridgehead atoms. The van der Waals surface area contributed by atoms with Crippen LogP contribution in [0, 0.1) is 6.92 Å². The summed E-state index contributed by atoms with van der Waals surface area (Å²) in [6, 6.07) is 8.16. The minimum Gasteiger partial charge on any atom is -0.235 e. The van der Waals surface area contributed by atoms with Crippen LogP contribution in [0.25, 0.3) is 5.69 Å². The highest BCUT2D eigenvalue weighted by Gasteiger charge is 2.13. The van der Waals surface area contributed by atoms with Crippen molar-refractivity contribution in [2.75, 3.05) is 0 Å². The van der Waals surface area contributed by atoms with Gasteiger partial charge in [-0.1, -0.05) is 25.1 Å². The molecule has 0 radical (unpaired) electrons. The van der Waals surface area contributed by atoms with Gasteiger partial charge in [-0.05, 0) is 47.2 Å². The number of para-hydroxylation sites is 1. The smallest absolute Gasteiger partial charge is 0.221 e. The Kier molecular flexibility index (Phi) is 3.79. The molecule has 7 heteroatoms. The fraction of sp³-hybridized carbons (Fsp3) is 0.231. The van der Waals surface area contributed by atoms with E-state index in [0.717, 1.165) is 27.3 Å². The molecule has 0 unspecified atom stereocenters. The Bertz CT molecular complexity index is 719. The molecule has 0 aliphatic carbocycles. The summed E-state index contributed by atoms with van der Waals surface area (Å²) in [7, 11) is 0. The van der Waals surface area contributed by atoms with Crippen LogP contribution in [0.4, 0.5) is 0 Å². The van der Waals surface area contributed by atoms with E-state index in [4.69, 9.17) is 0 Å². The lowest BCUT2D eigenvalue weighted by Gasteiger charge is -2.07. The van der Waals surface area contributed by atoms with Gasteiger partial charge in [-0.15, -0.1) is 16.4 Å². The molecule has 0 aliphatic rings. The summed E-state index contributed by atoms with van der Waals surface area (Å²) >= 11 is 3.09. The van der Waals surface area contributed by atoms with Gasteiger partial charge >= 0.3 is 0 Å². The molecular weight excluding hydrogens is 290 g/mol. The minimum atomic E-state index is 0.736. The summed E-state index contributed by atoms with van der Waals surface area (Å²) in [5.41, 5.74) is 3.26. The van der Waals surface area contributed by atoms with Crippen LogP contribution in [0.1, 0.15) is 18.2 Å². The SMILES string of the molecule is CCc1ccccc1-n1nnnc1Sc1nc(C)cs1. The van der Waals surface area contributed by atoms with Crippen molar-refractivity contribution in [3.8, 4) is 5.69 Å². The van der Waals surface area contributed by atoms with E-state index in [-0.39, 0.29) is 0 Å². The molecule has 0 aliphatic heterocycles. The van der Waals surface area contributed by atoms with Crippen molar-refractivity contribution in [1.29, 1.82) is 0 Å². The predicted octanol–water partition coefficient (Wildman–Crippen LogP) is 3.14. The van der Waals surface area contributed by atoms with E-state index in [1.807, 2.05) is 30.5 Å². The first-order chi connectivity index (χ1) is 9.78. The van der Waals surface area contributed by atoms with Gasteiger partial charge in [0.2, 0.25) is 5.16 Å². The summed E-state index contributed by atoms with van der Waals surface area (Å²) in [6.45, 7) is 4.11. The Labute approximate surface area is 125 Å². The van der Waals surface area contributed by atoms with Crippen LogP contribution in [0.3, 0.4) is 0 Å². The molecule has 0 N–H and O–H groups in total. The Hall–Kier alpha value is -1.73. The maximum absolute atomic E-state index is 4.44. The van der Waals surface area contributed by atoms with Gasteiger partial charge in [0, 0.05) is 11.1 Å². The van der Waals surface area contributed by atoms with Gasteiger partial charge in [0.05, 0.1) is 5.69 Å². The van der Waals surface area contributed by atoms with Crippen LogP contribution in [-0.4, -0.2) is 25.2 Å². The van der Waals surface area contributed by atoms with Crippen LogP contribution in [-0.2, 0) is 6.42 Å². The lowest BCUT2D eigenvalue weighted by Crippen LogP contribution is -2.02. The molecule has 0 atom stereocenters. The van der Waals surface area contributed by atoms with Gasteiger partial charge in [-0.25, -0.2) is 4.98 Å². The van der Waals surface area contributed by atoms with Crippen molar-refractivity contribution in [2.45, 2.75) is 29.8 Å². The zero-order chi connectivity index (χ0) is 13.9. The van der Waals surface area contributed by atoms with E-state index in [2.05, 4.69) is 33.5 Å². The molecule has 2 heterocycles. The largest absolute Gasteiger partial charge is 0.235 e. The first-order valence-electron chi connectivity index (χ1n) is 6.24. The number of thiazole rings is 1. The van der Waals surface area contributed by atoms with Crippen molar-refractivity contribution in [1.82, 2.24) is 25.2 Å². The van der Waals surface area contributed by atoms with Gasteiger partial charge in [0.15, 0.2) is 4.34 Å². The molecular formula is C13H13N5S2. The van der Waals surface area contributed by atoms with Crippen LogP contribution >= 0.6 is 23.1 Å². The fourth-order valence-electron chi connectivity index (χ4n) is 1.87. The molecule has 2 aromatic heterocycles. The molecule has 0 saturated heterocycles. The minimum absolute atomic E-state index is 0.736. The Morgan fingerprint density at radius 3 is 2.90 bits per heavy atom. The Morgan fingerprint density at radius 1 is 1.30 bits per heavy atom. The maximum atomic E-state index is 4.44. The molecule has 5 nitrogen and oxygen atoms in total. The molecule has 0 spiro atoms. The van der Waals surface area contributed by atoms with Crippen molar-refractivity contribution in [2.24, 2.45) is 0 Å². The zero-order valence-corrected chi connectivity index (χ0v) is 12.8. The predicted molar refractivity (Wildman–Crippen MR) is 79.5 cm³/mol. The molecule has 0 amide bonds. The third kappa shape index (κ3) is 2.59. The van der Waals surface area contributed by atoms with Gasteiger partial charge < -0.3 is 0 Å². The van der Waals surface area contributed by atoms with E-state index < -0.39 is 0 Å². The highest BCUT2D eigenvalue weighted by Crippen LogP contribution is 2.30. The third-order valence-corrected chi connectivity index (χ3v) is 4.81. The second kappa shape index (κ2) is 5.72. The fourth-order valence-corrected chi connectivity index (χ4v) is 3.59. The lowest BCUT2D eigenvalue weighted by atomic mass is 10.1. The summed E-state index contributed by atoms with van der Waals surface area (Å²) in [5, 5.41) is 14.8. The molecule has 20 heavy (non-hydrogen) atoms. The first-order valence-corrected chi connectivity index (χ1v) is 7.94. The molecule has 3 aromatic rings. The molecule has 3 rings (SSSR count). The van der Waals surface area contributed by atoms with E-state index in [1.165, 1.54) is 17.3 Å². The summed E-state index contributed by atoms with van der Waals surface area (Å²) in [6.07, 6.45) is 0.941. The maximum Gasteiger partial charge on any atom is 0.221 e. The molecule has 1 aromatic carbocycles. The number of rotatable bonds is 4. The number of hydrogen-bond acceptors (Lipinski definition) is 6. The van der Waals surface area contributed by atoms with Gasteiger partial charge in [0.1, 0.15) is 0 Å². The average Bonchev–Trinajstić information content (AvgIpc) is 3.08. The van der Waals surface area contributed by atoms with E-state index in [9.17, 15) is 0 Å². The number of benzene rings is 1. The number of hydrogen-bond donors (Lipinski definition) is 0. The quantitative estimate of drug-likeness (QED) is 0.741. The van der Waals surface area contributed by atoms with Crippen molar-refractivity contribution in [3.05, 3.63) is 40.9 Å². The number of tetrazole rings is 1. The van der Waals surface area contributed by atoms with Gasteiger partial charge in [0.25, 0.3) is 0 Å². The average molecular weight is 303 g/mol. The zero-order valence-electron chi connectivity index (χ0n) is 11.1. The number of aryl methyl sites for hydroxylation is 2. The summed E-state index contributed by atoms with van der Waals surface area (Å²) < 4.78 is 2.73. The first kappa shape index (κ1) is 13.3. The third-order valence-electron chi connectivity index (χ3n) is 2.82. The summed E-state index contributed by atoms with van der Waals surface area (Å²) in [5.74, 6) is 0. The van der Waals surface area contributed by atoms with Gasteiger partial charge in [-0.2, -0.15) is 4.68 Å². The van der Waals surface area contributed by atoms with E-state index >= 15 is 0 Å². The number of nitrogens with zero attached hydrogens (tertiary/aromatic N) is 5. The van der Waals surface area contributed by atoms with E-state index in [1.54, 1.807) is 16.0 Å². The lowest BCUT2D eigenvalue weighted by molar-refractivity contribution is 0.747. The standard InChI is InChI=1S/C13H13N5S2/c1-3-10-6-4-5-7-11(10)18-12(15-16-17-18)20-13-14-9(2)8-19-13/h4-8H,3H2,1-2H3. The highest BCUT2D eigenvalue weighted by atomic mass is 32.2. The summed E-state index contributed by atoms with van der Waals surface area (Å²) in [4.78, 5) is 4.44. The van der Waals surface area contributed by atoms with Crippen molar-refractivity contribution in [3.63, 3.8) is 0 Å². The Balaban J connectivity index is 1.97. The van der Waals surface area contributed by atoms with Crippen molar-refractivity contribution < 1.29 is 0 Å². The van der Waals surface area contributed by atoms with Crippen LogP contribution in [0.5, 0.6) is 0 Å². The highest BCUT2D eigenvalue weighted by molar-refractivity contribution is 8.00. The second-order valence-corrected chi connectivity index (χ2v) is 6.28. The monoisotopic (exact) mass is 303 g/mol. The molecule has 0 fully saturated rings. The molecule has 0 saturated carbocycles. The Morgan fingerprint density at radius 2 is 2.15 bits per heavy atom. The normalized spacial score (nSPS) is 10.9. The van der Waals surface area contributed by atoms with Crippen molar-refractivity contribution >= 4 is 23.1 Å². The van der Waals surface area contributed by atoms with Gasteiger partial charge in [-0.3, -0.25) is 0 Å². The second-order valence-electron chi connectivity index (χ2n) is 4.21. The van der Waals surface area contributed by atoms with E-state index in [0.29, 0.717) is 0 Å². The molecule has 102 valence electrons. The number of aromatic nitrogens is 5. The van der Waals surface area contributed by atoms with Crippen LogP contribution < -0.4 is 0 Å². The van der Waals surface area contributed by atoms with Crippen LogP contribution in [0.15, 0.2) is 39.1 Å².